The lowest BCUT2D eigenvalue weighted by Gasteiger charge is -2.21. The Balaban J connectivity index is 0.00000576. The maximum absolute atomic E-state index is 11.6. The van der Waals surface area contributed by atoms with E-state index in [4.69, 9.17) is 14.2 Å². The molecule has 25 heavy (non-hydrogen) atoms. The quantitative estimate of drug-likeness (QED) is 0.185. The molecule has 1 heterocycles. The van der Waals surface area contributed by atoms with Crippen molar-refractivity contribution in [1.82, 2.24) is 10.6 Å². The molecule has 0 aromatic heterocycles. The number of esters is 1. The van der Waals surface area contributed by atoms with E-state index in [2.05, 4.69) is 15.6 Å². The van der Waals surface area contributed by atoms with Gasteiger partial charge in [0.15, 0.2) is 5.96 Å². The molecule has 0 radical (unpaired) electrons. The molecule has 2 N–H and O–H groups in total. The number of carbonyl (C=O) groups excluding carboxylic acids is 1. The van der Waals surface area contributed by atoms with E-state index in [0.29, 0.717) is 18.5 Å². The van der Waals surface area contributed by atoms with Crippen LogP contribution in [0.5, 0.6) is 0 Å². The smallest absolute Gasteiger partial charge is 0.325 e. The average Bonchev–Trinajstić information content (AvgIpc) is 2.52. The van der Waals surface area contributed by atoms with E-state index in [1.807, 2.05) is 20.8 Å². The Labute approximate surface area is 168 Å². The van der Waals surface area contributed by atoms with E-state index in [9.17, 15) is 4.79 Å². The molecule has 0 unspecified atom stereocenters. The second-order valence-electron chi connectivity index (χ2n) is 6.92. The standard InChI is InChI=1S/C17H33N3O4.HI/c1-17(2,3)24-15(21)12-20-16(18-4)19-8-5-9-23-13-14-6-10-22-11-7-14;/h14H,5-13H2,1-4H3,(H2,18,19,20);1H. The van der Waals surface area contributed by atoms with Crippen LogP contribution in [-0.4, -0.2) is 64.1 Å². The van der Waals surface area contributed by atoms with E-state index in [1.165, 1.54) is 0 Å². The lowest BCUT2D eigenvalue weighted by Crippen LogP contribution is -2.42. The summed E-state index contributed by atoms with van der Waals surface area (Å²) in [5, 5.41) is 6.10. The summed E-state index contributed by atoms with van der Waals surface area (Å²) in [5.74, 6) is 0.922. The van der Waals surface area contributed by atoms with Crippen molar-refractivity contribution in [3.63, 3.8) is 0 Å². The summed E-state index contributed by atoms with van der Waals surface area (Å²) in [6.07, 6.45) is 3.08. The molecule has 0 aliphatic carbocycles. The van der Waals surface area contributed by atoms with Crippen LogP contribution in [0.15, 0.2) is 4.99 Å². The Kier molecular flexibility index (Phi) is 13.2. The highest BCUT2D eigenvalue weighted by Gasteiger charge is 2.16. The van der Waals surface area contributed by atoms with Crippen molar-refractivity contribution in [3.05, 3.63) is 0 Å². The van der Waals surface area contributed by atoms with Gasteiger partial charge in [0.2, 0.25) is 0 Å². The van der Waals surface area contributed by atoms with Gasteiger partial charge in [0.05, 0.1) is 0 Å². The Morgan fingerprint density at radius 1 is 1.24 bits per heavy atom. The predicted octanol–water partition coefficient (Wildman–Crippen LogP) is 1.94. The van der Waals surface area contributed by atoms with Gasteiger partial charge in [0.25, 0.3) is 0 Å². The number of hydrogen-bond acceptors (Lipinski definition) is 5. The predicted molar refractivity (Wildman–Crippen MR) is 110 cm³/mol. The van der Waals surface area contributed by atoms with Gasteiger partial charge in [0, 0.05) is 40.0 Å². The van der Waals surface area contributed by atoms with Gasteiger partial charge < -0.3 is 24.8 Å². The molecule has 1 aliphatic rings. The molecule has 1 aliphatic heterocycles. The maximum Gasteiger partial charge on any atom is 0.325 e. The molecular weight excluding hydrogens is 437 g/mol. The summed E-state index contributed by atoms with van der Waals surface area (Å²) in [5.41, 5.74) is -0.475. The lowest BCUT2D eigenvalue weighted by molar-refractivity contribution is -0.153. The van der Waals surface area contributed by atoms with Crippen molar-refractivity contribution >= 4 is 35.9 Å². The zero-order chi connectivity index (χ0) is 17.8. The number of nitrogens with zero attached hydrogens (tertiary/aromatic N) is 1. The molecule has 0 aromatic carbocycles. The monoisotopic (exact) mass is 471 g/mol. The first-order valence-corrected chi connectivity index (χ1v) is 8.72. The summed E-state index contributed by atoms with van der Waals surface area (Å²) in [6, 6.07) is 0. The third-order valence-electron chi connectivity index (χ3n) is 3.50. The Hall–Kier alpha value is -0.610. The first-order valence-electron chi connectivity index (χ1n) is 8.72. The highest BCUT2D eigenvalue weighted by Crippen LogP contribution is 2.14. The van der Waals surface area contributed by atoms with E-state index < -0.39 is 5.60 Å². The highest BCUT2D eigenvalue weighted by molar-refractivity contribution is 14.0. The molecule has 0 atom stereocenters. The molecule has 1 fully saturated rings. The molecule has 0 bridgehead atoms. The SMILES string of the molecule is CN=C(NCCCOCC1CCOCC1)NCC(=O)OC(C)(C)C.I. The molecule has 0 spiro atoms. The van der Waals surface area contributed by atoms with Crippen LogP contribution >= 0.6 is 24.0 Å². The molecule has 8 heteroatoms. The van der Waals surface area contributed by atoms with Gasteiger partial charge in [-0.15, -0.1) is 24.0 Å². The second kappa shape index (κ2) is 13.6. The summed E-state index contributed by atoms with van der Waals surface area (Å²) in [6.45, 7) is 9.61. The normalized spacial score (nSPS) is 16.1. The summed E-state index contributed by atoms with van der Waals surface area (Å²) in [4.78, 5) is 15.7. The largest absolute Gasteiger partial charge is 0.459 e. The number of halogens is 1. The number of carbonyl (C=O) groups is 1. The van der Waals surface area contributed by atoms with Crippen LogP contribution in [0.1, 0.15) is 40.0 Å². The molecule has 0 aromatic rings. The van der Waals surface area contributed by atoms with Crippen molar-refractivity contribution in [2.45, 2.75) is 45.6 Å². The Bertz CT molecular complexity index is 394. The minimum absolute atomic E-state index is 0. The molecule has 0 saturated carbocycles. The topological polar surface area (TPSA) is 81.2 Å². The Morgan fingerprint density at radius 3 is 2.52 bits per heavy atom. The fourth-order valence-electron chi connectivity index (χ4n) is 2.30. The van der Waals surface area contributed by atoms with Crippen LogP contribution in [-0.2, 0) is 19.0 Å². The van der Waals surface area contributed by atoms with Crippen LogP contribution in [0.25, 0.3) is 0 Å². The van der Waals surface area contributed by atoms with Crippen LogP contribution in [0.3, 0.4) is 0 Å². The number of rotatable bonds is 8. The van der Waals surface area contributed by atoms with Gasteiger partial charge in [-0.05, 0) is 46.0 Å². The highest BCUT2D eigenvalue weighted by atomic mass is 127. The first kappa shape index (κ1) is 24.4. The maximum atomic E-state index is 11.6. The Morgan fingerprint density at radius 2 is 1.92 bits per heavy atom. The van der Waals surface area contributed by atoms with Crippen LogP contribution in [0.2, 0.25) is 0 Å². The number of hydrogen-bond donors (Lipinski definition) is 2. The average molecular weight is 471 g/mol. The fourth-order valence-corrected chi connectivity index (χ4v) is 2.30. The van der Waals surface area contributed by atoms with Gasteiger partial charge in [-0.3, -0.25) is 9.79 Å². The lowest BCUT2D eigenvalue weighted by atomic mass is 10.0. The van der Waals surface area contributed by atoms with Gasteiger partial charge in [-0.2, -0.15) is 0 Å². The van der Waals surface area contributed by atoms with Crippen LogP contribution in [0, 0.1) is 5.92 Å². The summed E-state index contributed by atoms with van der Waals surface area (Å²) in [7, 11) is 1.67. The van der Waals surface area contributed by atoms with Crippen molar-refractivity contribution in [3.8, 4) is 0 Å². The fraction of sp³-hybridized carbons (Fsp3) is 0.882. The minimum Gasteiger partial charge on any atom is -0.459 e. The second-order valence-corrected chi connectivity index (χ2v) is 6.92. The third-order valence-corrected chi connectivity index (χ3v) is 3.50. The third kappa shape index (κ3) is 13.3. The van der Waals surface area contributed by atoms with Crippen molar-refractivity contribution in [2.75, 3.05) is 46.6 Å². The number of nitrogens with one attached hydrogen (secondary N) is 2. The van der Waals surface area contributed by atoms with Crippen molar-refractivity contribution < 1.29 is 19.0 Å². The van der Waals surface area contributed by atoms with E-state index in [1.54, 1.807) is 7.05 Å². The number of aliphatic imine (C=N–C) groups is 1. The van der Waals surface area contributed by atoms with E-state index in [-0.39, 0.29) is 36.5 Å². The van der Waals surface area contributed by atoms with Crippen LogP contribution in [0.4, 0.5) is 0 Å². The molecule has 148 valence electrons. The van der Waals surface area contributed by atoms with E-state index >= 15 is 0 Å². The number of guanidine groups is 1. The van der Waals surface area contributed by atoms with Gasteiger partial charge in [-0.1, -0.05) is 0 Å². The minimum atomic E-state index is -0.475. The zero-order valence-electron chi connectivity index (χ0n) is 15.9. The first-order chi connectivity index (χ1) is 11.4. The van der Waals surface area contributed by atoms with Gasteiger partial charge in [-0.25, -0.2) is 0 Å². The summed E-state index contributed by atoms with van der Waals surface area (Å²) >= 11 is 0. The van der Waals surface area contributed by atoms with Crippen LogP contribution < -0.4 is 10.6 Å². The van der Waals surface area contributed by atoms with Crippen molar-refractivity contribution in [2.24, 2.45) is 10.9 Å². The molecule has 1 rings (SSSR count). The number of ether oxygens (including phenoxy) is 3. The zero-order valence-corrected chi connectivity index (χ0v) is 18.3. The van der Waals surface area contributed by atoms with Gasteiger partial charge in [0.1, 0.15) is 12.1 Å². The van der Waals surface area contributed by atoms with E-state index in [0.717, 1.165) is 45.6 Å². The summed E-state index contributed by atoms with van der Waals surface area (Å²) < 4.78 is 16.3. The molecule has 1 saturated heterocycles. The molecule has 0 amide bonds. The molecular formula is C17H34IN3O4. The van der Waals surface area contributed by atoms with Gasteiger partial charge >= 0.3 is 5.97 Å². The van der Waals surface area contributed by atoms with Crippen molar-refractivity contribution in [1.29, 1.82) is 0 Å². The molecule has 7 nitrogen and oxygen atoms in total.